The van der Waals surface area contributed by atoms with Crippen molar-refractivity contribution >= 4 is 0 Å². The van der Waals surface area contributed by atoms with Gasteiger partial charge in [0.2, 0.25) is 0 Å². The van der Waals surface area contributed by atoms with Crippen molar-refractivity contribution in [1.82, 2.24) is 10.2 Å². The lowest BCUT2D eigenvalue weighted by Crippen LogP contribution is -2.45. The predicted octanol–water partition coefficient (Wildman–Crippen LogP) is 3.14. The molecule has 0 radical (unpaired) electrons. The van der Waals surface area contributed by atoms with Crippen molar-refractivity contribution in [3.8, 4) is 0 Å². The fraction of sp³-hybridized carbons (Fsp3) is 0.647. The standard InChI is InChI=1S/C17H28N2/c1-2-3-4-5-6-7-14-19-15-10-17(11-16-19)8-12-18-13-9-17/h2-7,18H,8-16H2,1H3/b3-2-,5-4-,7-6+. The summed E-state index contributed by atoms with van der Waals surface area (Å²) < 4.78 is 0. The van der Waals surface area contributed by atoms with Gasteiger partial charge < -0.3 is 5.32 Å². The Hall–Kier alpha value is -0.860. The highest BCUT2D eigenvalue weighted by Gasteiger charge is 2.34. The van der Waals surface area contributed by atoms with Gasteiger partial charge in [-0.25, -0.2) is 0 Å². The molecule has 19 heavy (non-hydrogen) atoms. The maximum absolute atomic E-state index is 3.49. The van der Waals surface area contributed by atoms with Crippen molar-refractivity contribution < 1.29 is 0 Å². The lowest BCUT2D eigenvalue weighted by Gasteiger charge is -2.44. The molecule has 2 aliphatic heterocycles. The number of allylic oxidation sites excluding steroid dienone is 5. The van der Waals surface area contributed by atoms with Gasteiger partial charge >= 0.3 is 0 Å². The normalized spacial score (nSPS) is 25.1. The second kappa shape index (κ2) is 7.66. The molecule has 106 valence electrons. The predicted molar refractivity (Wildman–Crippen MR) is 83.3 cm³/mol. The fourth-order valence-electron chi connectivity index (χ4n) is 3.19. The van der Waals surface area contributed by atoms with Gasteiger partial charge in [0.1, 0.15) is 0 Å². The molecule has 2 rings (SSSR count). The van der Waals surface area contributed by atoms with Crippen LogP contribution >= 0.6 is 0 Å². The molecule has 0 aliphatic carbocycles. The van der Waals surface area contributed by atoms with Crippen LogP contribution < -0.4 is 5.32 Å². The van der Waals surface area contributed by atoms with E-state index in [0.717, 1.165) is 6.54 Å². The van der Waals surface area contributed by atoms with E-state index < -0.39 is 0 Å². The van der Waals surface area contributed by atoms with Crippen LogP contribution in [-0.4, -0.2) is 37.6 Å². The minimum absolute atomic E-state index is 0.678. The van der Waals surface area contributed by atoms with E-state index in [-0.39, 0.29) is 0 Å². The van der Waals surface area contributed by atoms with Crippen molar-refractivity contribution in [2.24, 2.45) is 5.41 Å². The highest BCUT2D eigenvalue weighted by molar-refractivity contribution is 5.11. The Bertz CT molecular complexity index is 325. The number of hydrogen-bond donors (Lipinski definition) is 1. The van der Waals surface area contributed by atoms with Crippen molar-refractivity contribution in [3.05, 3.63) is 36.5 Å². The van der Waals surface area contributed by atoms with Gasteiger partial charge in [-0.15, -0.1) is 0 Å². The molecule has 2 aliphatic rings. The third-order valence-electron chi connectivity index (χ3n) is 4.61. The van der Waals surface area contributed by atoms with Gasteiger partial charge in [0.15, 0.2) is 0 Å². The lowest BCUT2D eigenvalue weighted by molar-refractivity contribution is 0.0802. The zero-order valence-corrected chi connectivity index (χ0v) is 12.3. The van der Waals surface area contributed by atoms with Crippen molar-refractivity contribution in [2.45, 2.75) is 32.6 Å². The first-order valence-corrected chi connectivity index (χ1v) is 7.72. The Morgan fingerprint density at radius 1 is 0.947 bits per heavy atom. The number of rotatable bonds is 4. The molecule has 2 nitrogen and oxygen atoms in total. The average molecular weight is 260 g/mol. The Labute approximate surface area is 118 Å². The molecule has 0 aromatic carbocycles. The number of hydrogen-bond acceptors (Lipinski definition) is 2. The molecule has 0 amide bonds. The molecule has 2 heterocycles. The zero-order valence-electron chi connectivity index (χ0n) is 12.3. The fourth-order valence-corrected chi connectivity index (χ4v) is 3.19. The van der Waals surface area contributed by atoms with E-state index in [4.69, 9.17) is 0 Å². The maximum atomic E-state index is 3.49. The van der Waals surface area contributed by atoms with Gasteiger partial charge in [-0.2, -0.15) is 0 Å². The van der Waals surface area contributed by atoms with Crippen LogP contribution in [0.3, 0.4) is 0 Å². The highest BCUT2D eigenvalue weighted by atomic mass is 15.1. The first-order valence-electron chi connectivity index (χ1n) is 7.72. The minimum atomic E-state index is 0.678. The quantitative estimate of drug-likeness (QED) is 0.781. The average Bonchev–Trinajstić information content (AvgIpc) is 2.46. The summed E-state index contributed by atoms with van der Waals surface area (Å²) >= 11 is 0. The molecule has 2 heteroatoms. The molecule has 0 saturated carbocycles. The lowest BCUT2D eigenvalue weighted by atomic mass is 9.71. The van der Waals surface area contributed by atoms with E-state index >= 15 is 0 Å². The number of nitrogens with one attached hydrogen (secondary N) is 1. The Morgan fingerprint density at radius 2 is 1.63 bits per heavy atom. The smallest absolute Gasteiger partial charge is 0.0166 e. The van der Waals surface area contributed by atoms with Crippen LogP contribution in [0.4, 0.5) is 0 Å². The number of likely N-dealkylation sites (tertiary alicyclic amines) is 1. The molecule has 2 saturated heterocycles. The molecule has 0 unspecified atom stereocenters. The Kier molecular flexibility index (Phi) is 5.87. The van der Waals surface area contributed by atoms with Gasteiger partial charge in [0, 0.05) is 6.54 Å². The van der Waals surface area contributed by atoms with Gasteiger partial charge in [0.05, 0.1) is 0 Å². The molecule has 0 atom stereocenters. The van der Waals surface area contributed by atoms with Crippen LogP contribution in [-0.2, 0) is 0 Å². The molecule has 0 aromatic heterocycles. The molecule has 1 spiro atoms. The van der Waals surface area contributed by atoms with Crippen molar-refractivity contribution in [3.63, 3.8) is 0 Å². The third kappa shape index (κ3) is 4.63. The topological polar surface area (TPSA) is 15.3 Å². The van der Waals surface area contributed by atoms with Gasteiger partial charge in [-0.1, -0.05) is 36.5 Å². The SMILES string of the molecule is C\C=C/C=C\C=C\CN1CCC2(CCNCC2)CC1. The largest absolute Gasteiger partial charge is 0.317 e. The van der Waals surface area contributed by atoms with Crippen LogP contribution in [0, 0.1) is 5.41 Å². The van der Waals surface area contributed by atoms with E-state index in [1.807, 2.05) is 13.0 Å². The van der Waals surface area contributed by atoms with Gasteiger partial charge in [-0.05, 0) is 64.2 Å². The second-order valence-corrected chi connectivity index (χ2v) is 5.89. The van der Waals surface area contributed by atoms with Gasteiger partial charge in [0.25, 0.3) is 0 Å². The monoisotopic (exact) mass is 260 g/mol. The summed E-state index contributed by atoms with van der Waals surface area (Å²) in [5.41, 5.74) is 0.678. The van der Waals surface area contributed by atoms with E-state index in [1.165, 1.54) is 51.9 Å². The first kappa shape index (κ1) is 14.5. The molecule has 1 N–H and O–H groups in total. The summed E-state index contributed by atoms with van der Waals surface area (Å²) in [5.74, 6) is 0. The Balaban J connectivity index is 1.68. The summed E-state index contributed by atoms with van der Waals surface area (Å²) in [5, 5.41) is 3.49. The molecule has 2 fully saturated rings. The summed E-state index contributed by atoms with van der Waals surface area (Å²) in [6.07, 6.45) is 18.3. The Morgan fingerprint density at radius 3 is 2.32 bits per heavy atom. The van der Waals surface area contributed by atoms with E-state index in [1.54, 1.807) is 0 Å². The van der Waals surface area contributed by atoms with Crippen LogP contribution in [0.25, 0.3) is 0 Å². The number of nitrogens with zero attached hydrogens (tertiary/aromatic N) is 1. The molecule has 0 aromatic rings. The van der Waals surface area contributed by atoms with Crippen LogP contribution in [0.5, 0.6) is 0 Å². The second-order valence-electron chi connectivity index (χ2n) is 5.89. The summed E-state index contributed by atoms with van der Waals surface area (Å²) in [7, 11) is 0. The molecular weight excluding hydrogens is 232 g/mol. The first-order chi connectivity index (χ1) is 9.35. The van der Waals surface area contributed by atoms with Crippen LogP contribution in [0.15, 0.2) is 36.5 Å². The minimum Gasteiger partial charge on any atom is -0.317 e. The zero-order chi connectivity index (χ0) is 13.4. The van der Waals surface area contributed by atoms with E-state index in [2.05, 4.69) is 40.6 Å². The highest BCUT2D eigenvalue weighted by Crippen LogP contribution is 2.39. The molecular formula is C17H28N2. The van der Waals surface area contributed by atoms with Crippen LogP contribution in [0.1, 0.15) is 32.6 Å². The summed E-state index contributed by atoms with van der Waals surface area (Å²) in [6.45, 7) is 8.17. The number of piperidine rings is 2. The third-order valence-corrected chi connectivity index (χ3v) is 4.61. The van der Waals surface area contributed by atoms with Crippen LogP contribution in [0.2, 0.25) is 0 Å². The van der Waals surface area contributed by atoms with Gasteiger partial charge in [-0.3, -0.25) is 4.90 Å². The van der Waals surface area contributed by atoms with Crippen molar-refractivity contribution in [2.75, 3.05) is 32.7 Å². The summed E-state index contributed by atoms with van der Waals surface area (Å²) in [4.78, 5) is 2.59. The maximum Gasteiger partial charge on any atom is 0.0166 e. The van der Waals surface area contributed by atoms with E-state index in [9.17, 15) is 0 Å². The summed E-state index contributed by atoms with van der Waals surface area (Å²) in [6, 6.07) is 0. The van der Waals surface area contributed by atoms with Crippen molar-refractivity contribution in [1.29, 1.82) is 0 Å². The van der Waals surface area contributed by atoms with E-state index in [0.29, 0.717) is 5.41 Å². The molecule has 0 bridgehead atoms.